The Morgan fingerprint density at radius 3 is 2.88 bits per heavy atom. The summed E-state index contributed by atoms with van der Waals surface area (Å²) < 4.78 is 0. The van der Waals surface area contributed by atoms with Crippen molar-refractivity contribution in [2.24, 2.45) is 0 Å². The first-order chi connectivity index (χ1) is 8.16. The zero-order chi connectivity index (χ0) is 12.3. The van der Waals surface area contributed by atoms with Crippen LogP contribution in [0.1, 0.15) is 21.1 Å². The van der Waals surface area contributed by atoms with E-state index in [9.17, 15) is 4.79 Å². The van der Waals surface area contributed by atoms with Gasteiger partial charge in [0, 0.05) is 17.6 Å². The first-order valence-electron chi connectivity index (χ1n) is 5.20. The molecule has 0 spiro atoms. The Bertz CT molecular complexity index is 536. The Labute approximate surface area is 103 Å². The summed E-state index contributed by atoms with van der Waals surface area (Å²) in [6, 6.07) is 7.46. The molecule has 1 aromatic carbocycles. The maximum Gasteiger partial charge on any atom is 0.271 e. The van der Waals surface area contributed by atoms with Gasteiger partial charge in [0.15, 0.2) is 0 Å². The molecule has 0 saturated carbocycles. The lowest BCUT2D eigenvalue weighted by molar-refractivity contribution is 0.0946. The molecular formula is C12H13N3OS. The van der Waals surface area contributed by atoms with Crippen LogP contribution in [0.25, 0.3) is 0 Å². The van der Waals surface area contributed by atoms with E-state index in [2.05, 4.69) is 10.3 Å². The standard InChI is InChI=1S/C12H13N3OS/c1-8-15-11(7-17-8)12(16)14-6-9-4-2-3-5-10(9)13/h2-5,7H,6,13H2,1H3,(H,14,16). The lowest BCUT2D eigenvalue weighted by Gasteiger charge is -2.06. The summed E-state index contributed by atoms with van der Waals surface area (Å²) in [6.45, 7) is 2.29. The van der Waals surface area contributed by atoms with Gasteiger partial charge in [-0.3, -0.25) is 4.79 Å². The predicted molar refractivity (Wildman–Crippen MR) is 68.9 cm³/mol. The molecule has 0 aliphatic rings. The number of nitrogens with zero attached hydrogens (tertiary/aromatic N) is 1. The van der Waals surface area contributed by atoms with Gasteiger partial charge in [-0.15, -0.1) is 11.3 Å². The van der Waals surface area contributed by atoms with Gasteiger partial charge < -0.3 is 11.1 Å². The quantitative estimate of drug-likeness (QED) is 0.815. The summed E-state index contributed by atoms with van der Waals surface area (Å²) in [5.41, 5.74) is 7.84. The molecule has 1 heterocycles. The first-order valence-corrected chi connectivity index (χ1v) is 6.08. The van der Waals surface area contributed by atoms with Gasteiger partial charge in [0.2, 0.25) is 0 Å². The number of thiazole rings is 1. The Morgan fingerprint density at radius 1 is 1.47 bits per heavy atom. The number of nitrogen functional groups attached to an aromatic ring is 1. The minimum atomic E-state index is -0.169. The fourth-order valence-corrected chi connectivity index (χ4v) is 2.02. The number of hydrogen-bond donors (Lipinski definition) is 2. The molecule has 4 nitrogen and oxygen atoms in total. The number of nitrogens with one attached hydrogen (secondary N) is 1. The third-order valence-electron chi connectivity index (χ3n) is 2.35. The van der Waals surface area contributed by atoms with E-state index in [1.807, 2.05) is 31.2 Å². The number of aryl methyl sites for hydroxylation is 1. The molecule has 0 aliphatic heterocycles. The Hall–Kier alpha value is -1.88. The van der Waals surface area contributed by atoms with Gasteiger partial charge in [0.25, 0.3) is 5.91 Å². The van der Waals surface area contributed by atoms with E-state index >= 15 is 0 Å². The average molecular weight is 247 g/mol. The molecule has 0 fully saturated rings. The van der Waals surface area contributed by atoms with Crippen LogP contribution in [0.2, 0.25) is 0 Å². The Kier molecular flexibility index (Phi) is 3.39. The van der Waals surface area contributed by atoms with Crippen LogP contribution in [-0.2, 0) is 6.54 Å². The molecule has 5 heteroatoms. The molecule has 0 aliphatic carbocycles. The summed E-state index contributed by atoms with van der Waals surface area (Å²) in [4.78, 5) is 15.9. The summed E-state index contributed by atoms with van der Waals surface area (Å²) in [5, 5.41) is 5.43. The Balaban J connectivity index is 1.99. The van der Waals surface area contributed by atoms with Gasteiger partial charge in [-0.1, -0.05) is 18.2 Å². The van der Waals surface area contributed by atoms with Crippen molar-refractivity contribution >= 4 is 22.9 Å². The van der Waals surface area contributed by atoms with Crippen LogP contribution in [0.3, 0.4) is 0 Å². The van der Waals surface area contributed by atoms with E-state index in [-0.39, 0.29) is 5.91 Å². The largest absolute Gasteiger partial charge is 0.398 e. The van der Waals surface area contributed by atoms with Crippen molar-refractivity contribution in [1.82, 2.24) is 10.3 Å². The van der Waals surface area contributed by atoms with Crippen LogP contribution in [-0.4, -0.2) is 10.9 Å². The minimum Gasteiger partial charge on any atom is -0.398 e. The molecule has 0 atom stereocenters. The van der Waals surface area contributed by atoms with Gasteiger partial charge in [-0.05, 0) is 18.6 Å². The van der Waals surface area contributed by atoms with Crippen LogP contribution in [0.15, 0.2) is 29.6 Å². The lowest BCUT2D eigenvalue weighted by Crippen LogP contribution is -2.23. The summed E-state index contributed by atoms with van der Waals surface area (Å²) in [5.74, 6) is -0.169. The summed E-state index contributed by atoms with van der Waals surface area (Å²) >= 11 is 1.46. The third kappa shape index (κ3) is 2.82. The van der Waals surface area contributed by atoms with Crippen molar-refractivity contribution in [1.29, 1.82) is 0 Å². The number of hydrogen-bond acceptors (Lipinski definition) is 4. The van der Waals surface area contributed by atoms with E-state index in [0.29, 0.717) is 17.9 Å². The predicted octanol–water partition coefficient (Wildman–Crippen LogP) is 1.96. The second kappa shape index (κ2) is 4.97. The van der Waals surface area contributed by atoms with Crippen LogP contribution < -0.4 is 11.1 Å². The summed E-state index contributed by atoms with van der Waals surface area (Å²) in [7, 11) is 0. The average Bonchev–Trinajstić information content (AvgIpc) is 2.74. The zero-order valence-electron chi connectivity index (χ0n) is 9.43. The highest BCUT2D eigenvalue weighted by molar-refractivity contribution is 7.09. The molecule has 0 unspecified atom stereocenters. The van der Waals surface area contributed by atoms with E-state index in [1.165, 1.54) is 11.3 Å². The molecule has 0 radical (unpaired) electrons. The molecule has 2 rings (SSSR count). The number of amides is 1. The topological polar surface area (TPSA) is 68.0 Å². The lowest BCUT2D eigenvalue weighted by atomic mass is 10.2. The second-order valence-electron chi connectivity index (χ2n) is 3.63. The van der Waals surface area contributed by atoms with Crippen molar-refractivity contribution in [3.05, 3.63) is 45.9 Å². The molecule has 17 heavy (non-hydrogen) atoms. The van der Waals surface area contributed by atoms with E-state index < -0.39 is 0 Å². The van der Waals surface area contributed by atoms with E-state index in [0.717, 1.165) is 10.6 Å². The molecule has 3 N–H and O–H groups in total. The van der Waals surface area contributed by atoms with Crippen LogP contribution >= 0.6 is 11.3 Å². The maximum atomic E-state index is 11.7. The number of benzene rings is 1. The second-order valence-corrected chi connectivity index (χ2v) is 4.70. The van der Waals surface area contributed by atoms with Crippen LogP contribution in [0, 0.1) is 6.92 Å². The number of carbonyl (C=O) groups excluding carboxylic acids is 1. The van der Waals surface area contributed by atoms with E-state index in [1.54, 1.807) is 5.38 Å². The third-order valence-corrected chi connectivity index (χ3v) is 3.12. The van der Waals surface area contributed by atoms with Crippen molar-refractivity contribution in [2.75, 3.05) is 5.73 Å². The molecule has 0 saturated heterocycles. The SMILES string of the molecule is Cc1nc(C(=O)NCc2ccccc2N)cs1. The molecule has 1 aromatic heterocycles. The van der Waals surface area contributed by atoms with Gasteiger partial charge in [0.1, 0.15) is 5.69 Å². The van der Waals surface area contributed by atoms with Crippen molar-refractivity contribution in [2.45, 2.75) is 13.5 Å². The molecule has 1 amide bonds. The van der Waals surface area contributed by atoms with Gasteiger partial charge in [0.05, 0.1) is 5.01 Å². The smallest absolute Gasteiger partial charge is 0.271 e. The summed E-state index contributed by atoms with van der Waals surface area (Å²) in [6.07, 6.45) is 0. The fraction of sp³-hybridized carbons (Fsp3) is 0.167. The number of nitrogens with two attached hydrogens (primary N) is 1. The maximum absolute atomic E-state index is 11.7. The molecule has 0 bridgehead atoms. The van der Waals surface area contributed by atoms with Crippen molar-refractivity contribution < 1.29 is 4.79 Å². The Morgan fingerprint density at radius 2 is 2.24 bits per heavy atom. The molecule has 88 valence electrons. The highest BCUT2D eigenvalue weighted by atomic mass is 32.1. The molecule has 2 aromatic rings. The number of aromatic nitrogens is 1. The van der Waals surface area contributed by atoms with Gasteiger partial charge in [-0.2, -0.15) is 0 Å². The number of rotatable bonds is 3. The number of carbonyl (C=O) groups is 1. The monoisotopic (exact) mass is 247 g/mol. The fourth-order valence-electron chi connectivity index (χ4n) is 1.43. The van der Waals surface area contributed by atoms with E-state index in [4.69, 9.17) is 5.73 Å². The highest BCUT2D eigenvalue weighted by Gasteiger charge is 2.09. The first kappa shape index (κ1) is 11.6. The zero-order valence-corrected chi connectivity index (χ0v) is 10.3. The van der Waals surface area contributed by atoms with Crippen molar-refractivity contribution in [3.8, 4) is 0 Å². The number of para-hydroxylation sites is 1. The van der Waals surface area contributed by atoms with Gasteiger partial charge in [-0.25, -0.2) is 4.98 Å². The minimum absolute atomic E-state index is 0.169. The highest BCUT2D eigenvalue weighted by Crippen LogP contribution is 2.11. The molecular weight excluding hydrogens is 234 g/mol. The van der Waals surface area contributed by atoms with Crippen LogP contribution in [0.4, 0.5) is 5.69 Å². The number of anilines is 1. The normalized spacial score (nSPS) is 10.2. The van der Waals surface area contributed by atoms with Gasteiger partial charge >= 0.3 is 0 Å². The van der Waals surface area contributed by atoms with Crippen molar-refractivity contribution in [3.63, 3.8) is 0 Å². The van der Waals surface area contributed by atoms with Crippen LogP contribution in [0.5, 0.6) is 0 Å².